The molecule has 14 heteroatoms. The maximum absolute atomic E-state index is 12.4. The number of nitrogens with one attached hydrogen (secondary N) is 3. The number of halogens is 3. The smallest absolute Gasteiger partial charge is 0.478 e. The highest BCUT2D eigenvalue weighted by Crippen LogP contribution is 2.33. The van der Waals surface area contributed by atoms with Crippen LogP contribution in [0, 0.1) is 0 Å². The predicted molar refractivity (Wildman–Crippen MR) is 121 cm³/mol. The van der Waals surface area contributed by atoms with Crippen molar-refractivity contribution in [2.75, 3.05) is 19.4 Å². The fraction of sp³-hybridized carbons (Fsp3) is 0.200. The fourth-order valence-electron chi connectivity index (χ4n) is 2.82. The number of amides is 2. The lowest BCUT2D eigenvalue weighted by Gasteiger charge is -2.07. The van der Waals surface area contributed by atoms with Gasteiger partial charge >= 0.3 is 18.4 Å². The molecular weight excluding hydrogens is 477 g/mol. The van der Waals surface area contributed by atoms with E-state index in [1.165, 1.54) is 30.3 Å². The molecule has 0 fully saturated rings. The van der Waals surface area contributed by atoms with E-state index >= 15 is 0 Å². The Labute approximate surface area is 194 Å². The monoisotopic (exact) mass is 496 g/mol. The molecule has 34 heavy (non-hydrogen) atoms. The molecular formula is C20H19F3N6O4S. The van der Waals surface area contributed by atoms with E-state index in [-0.39, 0.29) is 17.3 Å². The minimum atomic E-state index is -4.76. The number of aromatic carboxylic acids is 1. The molecule has 0 aliphatic heterocycles. The van der Waals surface area contributed by atoms with E-state index in [1.807, 2.05) is 0 Å². The lowest BCUT2D eigenvalue weighted by molar-refractivity contribution is -0.274. The van der Waals surface area contributed by atoms with E-state index in [0.717, 1.165) is 16.9 Å². The Kier molecular flexibility index (Phi) is 7.10. The number of hydrogen-bond acceptors (Lipinski definition) is 7. The van der Waals surface area contributed by atoms with Gasteiger partial charge in [0.1, 0.15) is 5.75 Å². The number of anilines is 2. The molecule has 0 aliphatic carbocycles. The van der Waals surface area contributed by atoms with Crippen molar-refractivity contribution in [3.8, 4) is 5.75 Å². The van der Waals surface area contributed by atoms with Gasteiger partial charge in [-0.15, -0.1) is 13.2 Å². The number of carboxylic acid groups (broad SMARTS) is 1. The number of benzene rings is 2. The second-order valence-electron chi connectivity index (χ2n) is 6.65. The van der Waals surface area contributed by atoms with Crippen molar-refractivity contribution >= 4 is 55.7 Å². The SMILES string of the molecule is CNC(=O)NC.Cn1c(Nc2nc3ccc(OC(F)(F)F)cc3s2)nc2cc(C(=O)O)ccc21. The Bertz CT molecular complexity index is 1350. The number of thiazole rings is 1. The molecule has 0 saturated carbocycles. The second-order valence-corrected chi connectivity index (χ2v) is 7.68. The van der Waals surface area contributed by atoms with Gasteiger partial charge in [-0.2, -0.15) is 0 Å². The van der Waals surface area contributed by atoms with Crippen LogP contribution in [0.1, 0.15) is 10.4 Å². The van der Waals surface area contributed by atoms with E-state index in [2.05, 4.69) is 30.7 Å². The highest BCUT2D eigenvalue weighted by Gasteiger charge is 2.31. The van der Waals surface area contributed by atoms with Crippen molar-refractivity contribution in [2.45, 2.75) is 6.36 Å². The zero-order valence-corrected chi connectivity index (χ0v) is 18.8. The second kappa shape index (κ2) is 9.82. The first-order valence-electron chi connectivity index (χ1n) is 9.53. The van der Waals surface area contributed by atoms with E-state index < -0.39 is 12.3 Å². The number of rotatable bonds is 4. The van der Waals surface area contributed by atoms with Gasteiger partial charge in [-0.05, 0) is 30.3 Å². The van der Waals surface area contributed by atoms with Gasteiger partial charge in [0.05, 0.1) is 26.8 Å². The minimum absolute atomic E-state index is 0.120. The number of carboxylic acids is 1. The number of imidazole rings is 1. The highest BCUT2D eigenvalue weighted by molar-refractivity contribution is 7.22. The van der Waals surface area contributed by atoms with Gasteiger partial charge in [0, 0.05) is 27.2 Å². The average molecular weight is 496 g/mol. The van der Waals surface area contributed by atoms with E-state index in [9.17, 15) is 22.8 Å². The van der Waals surface area contributed by atoms with Gasteiger partial charge in [-0.25, -0.2) is 19.6 Å². The van der Waals surface area contributed by atoms with Crippen LogP contribution in [0.4, 0.5) is 29.0 Å². The molecule has 0 saturated heterocycles. The van der Waals surface area contributed by atoms with E-state index in [0.29, 0.717) is 26.8 Å². The predicted octanol–water partition coefficient (Wildman–Crippen LogP) is 4.07. The van der Waals surface area contributed by atoms with Crippen LogP contribution in [0.25, 0.3) is 21.3 Å². The molecule has 10 nitrogen and oxygen atoms in total. The van der Waals surface area contributed by atoms with Gasteiger partial charge < -0.3 is 30.4 Å². The fourth-order valence-corrected chi connectivity index (χ4v) is 3.71. The van der Waals surface area contributed by atoms with Gasteiger partial charge in [0.15, 0.2) is 5.13 Å². The highest BCUT2D eigenvalue weighted by atomic mass is 32.1. The number of aromatic nitrogens is 3. The third-order valence-electron chi connectivity index (χ3n) is 4.39. The molecule has 4 rings (SSSR count). The van der Waals surface area contributed by atoms with E-state index in [1.54, 1.807) is 31.8 Å². The van der Waals surface area contributed by atoms with Crippen molar-refractivity contribution in [2.24, 2.45) is 7.05 Å². The van der Waals surface area contributed by atoms with Crippen LogP contribution in [-0.2, 0) is 7.05 Å². The summed E-state index contributed by atoms with van der Waals surface area (Å²) in [6.07, 6.45) is -4.76. The molecule has 0 radical (unpaired) electrons. The first-order valence-corrected chi connectivity index (χ1v) is 10.3. The summed E-state index contributed by atoms with van der Waals surface area (Å²) in [5.41, 5.74) is 1.84. The Morgan fingerprint density at radius 3 is 2.35 bits per heavy atom. The van der Waals surface area contributed by atoms with Crippen molar-refractivity contribution in [3.63, 3.8) is 0 Å². The third-order valence-corrected chi connectivity index (χ3v) is 5.33. The van der Waals surface area contributed by atoms with Crippen molar-refractivity contribution in [1.29, 1.82) is 0 Å². The Morgan fingerprint density at radius 2 is 1.76 bits per heavy atom. The van der Waals surface area contributed by atoms with Crippen LogP contribution in [0.5, 0.6) is 5.75 Å². The van der Waals surface area contributed by atoms with Crippen molar-refractivity contribution < 1.29 is 32.6 Å². The zero-order chi connectivity index (χ0) is 25.0. The zero-order valence-electron chi connectivity index (χ0n) is 18.0. The number of ether oxygens (including phenoxy) is 1. The molecule has 180 valence electrons. The summed E-state index contributed by atoms with van der Waals surface area (Å²) in [6, 6.07) is 8.33. The van der Waals surface area contributed by atoms with Gasteiger partial charge in [0.2, 0.25) is 5.95 Å². The number of fused-ring (bicyclic) bond motifs is 2. The Balaban J connectivity index is 0.000000481. The molecule has 0 spiro atoms. The van der Waals surface area contributed by atoms with Crippen LogP contribution in [-0.4, -0.2) is 52.1 Å². The third kappa shape index (κ3) is 5.83. The maximum Gasteiger partial charge on any atom is 0.573 e. The largest absolute Gasteiger partial charge is 0.573 e. The molecule has 2 aromatic heterocycles. The Morgan fingerprint density at radius 1 is 1.06 bits per heavy atom. The lowest BCUT2D eigenvalue weighted by atomic mass is 10.2. The minimum Gasteiger partial charge on any atom is -0.478 e. The number of nitrogens with zero attached hydrogens (tertiary/aromatic N) is 3. The van der Waals surface area contributed by atoms with Crippen LogP contribution in [0.2, 0.25) is 0 Å². The summed E-state index contributed by atoms with van der Waals surface area (Å²) in [4.78, 5) is 29.8. The molecule has 0 aliphatic rings. The van der Waals surface area contributed by atoms with Gasteiger partial charge in [0.25, 0.3) is 0 Å². The average Bonchev–Trinajstić information content (AvgIpc) is 3.32. The summed E-state index contributed by atoms with van der Waals surface area (Å²) in [7, 11) is 4.89. The van der Waals surface area contributed by atoms with Gasteiger partial charge in [-0.1, -0.05) is 11.3 Å². The van der Waals surface area contributed by atoms with Crippen LogP contribution in [0.3, 0.4) is 0 Å². The molecule has 0 bridgehead atoms. The quantitative estimate of drug-likeness (QED) is 0.335. The molecule has 0 unspecified atom stereocenters. The molecule has 4 N–H and O–H groups in total. The summed E-state index contributed by atoms with van der Waals surface area (Å²) < 4.78 is 43.2. The van der Waals surface area contributed by atoms with Crippen molar-refractivity contribution in [3.05, 3.63) is 42.0 Å². The number of hydrogen-bond donors (Lipinski definition) is 4. The number of alkyl halides is 3. The first kappa shape index (κ1) is 24.6. The van der Waals surface area contributed by atoms with E-state index in [4.69, 9.17) is 5.11 Å². The van der Waals surface area contributed by atoms with Gasteiger partial charge in [-0.3, -0.25) is 0 Å². The number of aryl methyl sites for hydroxylation is 1. The molecule has 2 aromatic carbocycles. The lowest BCUT2D eigenvalue weighted by Crippen LogP contribution is -2.28. The summed E-state index contributed by atoms with van der Waals surface area (Å²) in [5, 5.41) is 17.3. The number of carbonyl (C=O) groups is 2. The van der Waals surface area contributed by atoms with Crippen LogP contribution in [0.15, 0.2) is 36.4 Å². The number of urea groups is 1. The molecule has 2 heterocycles. The summed E-state index contributed by atoms with van der Waals surface area (Å²) in [6.45, 7) is 0. The van der Waals surface area contributed by atoms with Crippen molar-refractivity contribution in [1.82, 2.24) is 25.2 Å². The molecule has 2 amide bonds. The standard InChI is InChI=1S/C17H11F3N4O3S.C3H8N2O/c1-24-12-5-2-8(14(25)26)6-11(12)21-15(24)23-16-22-10-4-3-9(7-13(10)28-16)27-17(18,19)20;1-4-3(6)5-2/h2-7H,1H3,(H,25,26)(H,21,22,23);1-2H3,(H2,4,5,6). The Hall–Kier alpha value is -4.07. The molecule has 0 atom stereocenters. The number of carbonyl (C=O) groups excluding carboxylic acids is 1. The van der Waals surface area contributed by atoms with Crippen LogP contribution >= 0.6 is 11.3 Å². The maximum atomic E-state index is 12.4. The summed E-state index contributed by atoms with van der Waals surface area (Å²) >= 11 is 1.14. The first-order chi connectivity index (χ1) is 16.0. The summed E-state index contributed by atoms with van der Waals surface area (Å²) in [5.74, 6) is -0.951. The van der Waals surface area contributed by atoms with Crippen LogP contribution < -0.4 is 20.7 Å². The normalized spacial score (nSPS) is 11.0. The topological polar surface area (TPSA) is 130 Å². The molecule has 4 aromatic rings.